The second kappa shape index (κ2) is 7.25. The number of nitrogens with one attached hydrogen (secondary N) is 1. The quantitative estimate of drug-likeness (QED) is 0.678. The van der Waals surface area contributed by atoms with Crippen LogP contribution in [0, 0.1) is 0 Å². The molecular formula is C16H18N2O3S2. The first-order valence-corrected chi connectivity index (χ1v) is 8.75. The number of ether oxygens (including phenoxy) is 2. The summed E-state index contributed by atoms with van der Waals surface area (Å²) in [5, 5.41) is 5.47. The third-order valence-electron chi connectivity index (χ3n) is 3.59. The molecule has 3 rings (SSSR count). The Morgan fingerprint density at radius 1 is 1.39 bits per heavy atom. The zero-order chi connectivity index (χ0) is 16.2. The first-order chi connectivity index (χ1) is 11.2. The molecule has 0 radical (unpaired) electrons. The van der Waals surface area contributed by atoms with E-state index in [1.165, 1.54) is 11.3 Å². The fourth-order valence-electron chi connectivity index (χ4n) is 2.48. The number of nitrogens with zero attached hydrogens (tertiary/aromatic N) is 1. The van der Waals surface area contributed by atoms with Crippen molar-refractivity contribution in [3.63, 3.8) is 0 Å². The normalized spacial score (nSPS) is 14.7. The molecule has 0 atom stereocenters. The largest absolute Gasteiger partial charge is 0.462 e. The Bertz CT molecular complexity index is 723. The van der Waals surface area contributed by atoms with Crippen LogP contribution in [0.3, 0.4) is 0 Å². The van der Waals surface area contributed by atoms with Gasteiger partial charge in [0.25, 0.3) is 0 Å². The molecule has 7 heteroatoms. The van der Waals surface area contributed by atoms with Crippen molar-refractivity contribution in [2.45, 2.75) is 6.92 Å². The van der Waals surface area contributed by atoms with Gasteiger partial charge in [-0.2, -0.15) is 0 Å². The fourth-order valence-corrected chi connectivity index (χ4v) is 3.92. The summed E-state index contributed by atoms with van der Waals surface area (Å²) in [6.45, 7) is 4.99. The average molecular weight is 350 g/mol. The van der Waals surface area contributed by atoms with Crippen LogP contribution in [0.1, 0.15) is 17.3 Å². The summed E-state index contributed by atoms with van der Waals surface area (Å²) in [5.41, 5.74) is 0.558. The number of hydrogen-bond donors (Lipinski definition) is 1. The van der Waals surface area contributed by atoms with Crippen LogP contribution in [0.2, 0.25) is 0 Å². The number of fused-ring (bicyclic) bond motifs is 1. The van der Waals surface area contributed by atoms with E-state index >= 15 is 0 Å². The van der Waals surface area contributed by atoms with Crippen LogP contribution >= 0.6 is 23.6 Å². The van der Waals surface area contributed by atoms with E-state index in [4.69, 9.17) is 21.7 Å². The second-order valence-electron chi connectivity index (χ2n) is 5.05. The second-order valence-corrected chi connectivity index (χ2v) is 6.49. The Hall–Kier alpha value is -1.70. The number of anilines is 1. The number of hydrogen-bond acceptors (Lipinski definition) is 5. The minimum absolute atomic E-state index is 0.322. The monoisotopic (exact) mass is 350 g/mol. The SMILES string of the molecule is CCOC(=O)c1c(NC(=S)N2CCOCC2)sc2ccccc12. The van der Waals surface area contributed by atoms with Crippen molar-refractivity contribution in [2.24, 2.45) is 0 Å². The molecule has 0 aliphatic carbocycles. The molecule has 1 saturated heterocycles. The molecule has 23 heavy (non-hydrogen) atoms. The van der Waals surface area contributed by atoms with Crippen molar-refractivity contribution >= 4 is 49.7 Å². The van der Waals surface area contributed by atoms with Gasteiger partial charge in [0, 0.05) is 23.2 Å². The maximum atomic E-state index is 12.4. The molecule has 0 amide bonds. The van der Waals surface area contributed by atoms with Gasteiger partial charge in [-0.05, 0) is 25.2 Å². The van der Waals surface area contributed by atoms with Gasteiger partial charge < -0.3 is 19.7 Å². The Labute approximate surface area is 144 Å². The van der Waals surface area contributed by atoms with E-state index in [0.717, 1.165) is 28.2 Å². The van der Waals surface area contributed by atoms with Crippen LogP contribution in [-0.4, -0.2) is 48.9 Å². The first-order valence-electron chi connectivity index (χ1n) is 7.53. The van der Waals surface area contributed by atoms with Gasteiger partial charge in [0.05, 0.1) is 19.8 Å². The molecule has 1 aliphatic rings. The highest BCUT2D eigenvalue weighted by atomic mass is 32.1. The highest BCUT2D eigenvalue weighted by molar-refractivity contribution is 7.80. The van der Waals surface area contributed by atoms with Gasteiger partial charge >= 0.3 is 5.97 Å². The molecule has 2 aromatic rings. The number of thiocarbonyl (C=S) groups is 1. The van der Waals surface area contributed by atoms with E-state index in [2.05, 4.69) is 10.2 Å². The van der Waals surface area contributed by atoms with Crippen molar-refractivity contribution in [3.05, 3.63) is 29.8 Å². The van der Waals surface area contributed by atoms with Gasteiger partial charge in [0.1, 0.15) is 10.6 Å². The Morgan fingerprint density at radius 3 is 2.87 bits per heavy atom. The molecule has 122 valence electrons. The van der Waals surface area contributed by atoms with E-state index in [9.17, 15) is 4.79 Å². The molecule has 1 aliphatic heterocycles. The predicted molar refractivity (Wildman–Crippen MR) is 96.4 cm³/mol. The van der Waals surface area contributed by atoms with Gasteiger partial charge in [-0.15, -0.1) is 11.3 Å². The van der Waals surface area contributed by atoms with Crippen molar-refractivity contribution in [3.8, 4) is 0 Å². The number of thiophene rings is 1. The van der Waals surface area contributed by atoms with Gasteiger partial charge in [0.2, 0.25) is 0 Å². The summed E-state index contributed by atoms with van der Waals surface area (Å²) in [4.78, 5) is 14.4. The van der Waals surface area contributed by atoms with Crippen molar-refractivity contribution in [1.29, 1.82) is 0 Å². The Morgan fingerprint density at radius 2 is 2.13 bits per heavy atom. The summed E-state index contributed by atoms with van der Waals surface area (Å²) in [7, 11) is 0. The summed E-state index contributed by atoms with van der Waals surface area (Å²) in [5.74, 6) is -0.322. The molecule has 0 bridgehead atoms. The number of benzene rings is 1. The maximum absolute atomic E-state index is 12.4. The Balaban J connectivity index is 1.91. The highest BCUT2D eigenvalue weighted by Crippen LogP contribution is 2.36. The minimum atomic E-state index is -0.322. The predicted octanol–water partition coefficient (Wildman–Crippen LogP) is 3.11. The average Bonchev–Trinajstić information content (AvgIpc) is 2.93. The van der Waals surface area contributed by atoms with Gasteiger partial charge in [-0.1, -0.05) is 18.2 Å². The topological polar surface area (TPSA) is 50.8 Å². The lowest BCUT2D eigenvalue weighted by Gasteiger charge is -2.29. The number of rotatable bonds is 3. The standard InChI is InChI=1S/C16H18N2O3S2/c1-2-21-15(19)13-11-5-3-4-6-12(11)23-14(13)17-16(22)18-7-9-20-10-8-18/h3-6H,2,7-10H2,1H3,(H,17,22). The fraction of sp³-hybridized carbons (Fsp3) is 0.375. The smallest absolute Gasteiger partial charge is 0.341 e. The summed E-state index contributed by atoms with van der Waals surface area (Å²) in [6, 6.07) is 7.80. The summed E-state index contributed by atoms with van der Waals surface area (Å²) in [6.07, 6.45) is 0. The molecule has 2 heterocycles. The highest BCUT2D eigenvalue weighted by Gasteiger charge is 2.22. The molecular weight excluding hydrogens is 332 g/mol. The van der Waals surface area contributed by atoms with E-state index in [1.54, 1.807) is 6.92 Å². The van der Waals surface area contributed by atoms with E-state index in [-0.39, 0.29) is 5.97 Å². The van der Waals surface area contributed by atoms with E-state index in [1.807, 2.05) is 24.3 Å². The van der Waals surface area contributed by atoms with Crippen molar-refractivity contribution in [2.75, 3.05) is 38.2 Å². The first kappa shape index (κ1) is 16.2. The van der Waals surface area contributed by atoms with Crippen LogP contribution in [0.25, 0.3) is 10.1 Å². The third kappa shape index (κ3) is 3.46. The van der Waals surface area contributed by atoms with Gasteiger partial charge in [0.15, 0.2) is 5.11 Å². The van der Waals surface area contributed by atoms with Crippen LogP contribution < -0.4 is 5.32 Å². The zero-order valence-corrected chi connectivity index (χ0v) is 14.5. The summed E-state index contributed by atoms with van der Waals surface area (Å²) >= 11 is 7.00. The molecule has 0 spiro atoms. The van der Waals surface area contributed by atoms with E-state index < -0.39 is 0 Å². The lowest BCUT2D eigenvalue weighted by atomic mass is 10.1. The number of carbonyl (C=O) groups is 1. The van der Waals surface area contributed by atoms with Crippen molar-refractivity contribution in [1.82, 2.24) is 4.90 Å². The van der Waals surface area contributed by atoms with Gasteiger partial charge in [-0.25, -0.2) is 4.79 Å². The zero-order valence-electron chi connectivity index (χ0n) is 12.8. The number of morpholine rings is 1. The molecule has 0 saturated carbocycles. The molecule has 1 aromatic carbocycles. The minimum Gasteiger partial charge on any atom is -0.462 e. The van der Waals surface area contributed by atoms with E-state index in [0.29, 0.717) is 30.5 Å². The molecule has 5 nitrogen and oxygen atoms in total. The lowest BCUT2D eigenvalue weighted by Crippen LogP contribution is -2.42. The Kier molecular flexibility index (Phi) is 5.09. The van der Waals surface area contributed by atoms with Crippen molar-refractivity contribution < 1.29 is 14.3 Å². The molecule has 1 aromatic heterocycles. The van der Waals surface area contributed by atoms with Crippen LogP contribution in [-0.2, 0) is 9.47 Å². The summed E-state index contributed by atoms with van der Waals surface area (Å²) < 4.78 is 11.6. The molecule has 1 fully saturated rings. The molecule has 0 unspecified atom stereocenters. The van der Waals surface area contributed by atoms with Crippen LogP contribution in [0.15, 0.2) is 24.3 Å². The van der Waals surface area contributed by atoms with Gasteiger partial charge in [-0.3, -0.25) is 0 Å². The van der Waals surface area contributed by atoms with Crippen LogP contribution in [0.4, 0.5) is 5.00 Å². The lowest BCUT2D eigenvalue weighted by molar-refractivity contribution is 0.0530. The maximum Gasteiger partial charge on any atom is 0.341 e. The third-order valence-corrected chi connectivity index (χ3v) is 5.04. The van der Waals surface area contributed by atoms with Crippen LogP contribution in [0.5, 0.6) is 0 Å². The number of carbonyl (C=O) groups excluding carboxylic acids is 1. The molecule has 1 N–H and O–H groups in total. The number of esters is 1.